The number of amides is 2. The Bertz CT molecular complexity index is 892. The lowest BCUT2D eigenvalue weighted by molar-refractivity contribution is -0.142. The smallest absolute Gasteiger partial charge is 0.326 e. The molecule has 3 atom stereocenters. The van der Waals surface area contributed by atoms with E-state index in [4.69, 9.17) is 5.73 Å². The summed E-state index contributed by atoms with van der Waals surface area (Å²) in [5, 5.41) is 24.3. The second kappa shape index (κ2) is 12.7. The van der Waals surface area contributed by atoms with Gasteiger partial charge in [0.2, 0.25) is 11.8 Å². The molecule has 2 aromatic rings. The van der Waals surface area contributed by atoms with E-state index in [1.54, 1.807) is 48.2 Å². The molecule has 0 aliphatic rings. The topological polar surface area (TPSA) is 142 Å². The van der Waals surface area contributed by atoms with Crippen molar-refractivity contribution in [2.45, 2.75) is 37.4 Å². The fourth-order valence-corrected chi connectivity index (χ4v) is 3.54. The zero-order chi connectivity index (χ0) is 23.5. The Morgan fingerprint density at radius 3 is 2.06 bits per heavy atom. The number of hydrogen-bond acceptors (Lipinski definition) is 6. The average molecular weight is 460 g/mol. The van der Waals surface area contributed by atoms with Crippen LogP contribution in [0.4, 0.5) is 0 Å². The van der Waals surface area contributed by atoms with Crippen molar-refractivity contribution in [3.8, 4) is 5.75 Å². The largest absolute Gasteiger partial charge is 0.508 e. The molecule has 9 heteroatoms. The Morgan fingerprint density at radius 2 is 1.47 bits per heavy atom. The van der Waals surface area contributed by atoms with Crippen LogP contribution in [0.25, 0.3) is 0 Å². The number of carboxylic acid groups (broad SMARTS) is 1. The van der Waals surface area contributed by atoms with E-state index in [-0.39, 0.29) is 18.6 Å². The van der Waals surface area contributed by atoms with Crippen LogP contribution in [0.15, 0.2) is 54.6 Å². The summed E-state index contributed by atoms with van der Waals surface area (Å²) in [6.45, 7) is 0. The summed E-state index contributed by atoms with van der Waals surface area (Å²) in [5.74, 6) is -1.50. The van der Waals surface area contributed by atoms with Crippen LogP contribution in [0.1, 0.15) is 17.5 Å². The van der Waals surface area contributed by atoms with Crippen LogP contribution in [0.3, 0.4) is 0 Å². The van der Waals surface area contributed by atoms with Crippen molar-refractivity contribution >= 4 is 29.5 Å². The second-order valence-corrected chi connectivity index (χ2v) is 8.39. The van der Waals surface area contributed by atoms with E-state index in [2.05, 4.69) is 10.6 Å². The van der Waals surface area contributed by atoms with E-state index in [1.807, 2.05) is 12.3 Å². The van der Waals surface area contributed by atoms with E-state index in [0.717, 1.165) is 5.56 Å². The Hall–Kier alpha value is -3.04. The maximum atomic E-state index is 13.0. The summed E-state index contributed by atoms with van der Waals surface area (Å²) in [5.41, 5.74) is 7.39. The number of aliphatic carboxylic acids is 1. The predicted molar refractivity (Wildman–Crippen MR) is 124 cm³/mol. The molecule has 0 radical (unpaired) electrons. The number of carbonyl (C=O) groups is 3. The van der Waals surface area contributed by atoms with Crippen LogP contribution < -0.4 is 16.4 Å². The number of benzene rings is 2. The molecule has 0 heterocycles. The van der Waals surface area contributed by atoms with Crippen LogP contribution in [-0.2, 0) is 27.2 Å². The van der Waals surface area contributed by atoms with Crippen LogP contribution in [0, 0.1) is 0 Å². The molecule has 0 bridgehead atoms. The van der Waals surface area contributed by atoms with Crippen LogP contribution in [-0.4, -0.2) is 58.1 Å². The molecule has 0 saturated carbocycles. The molecule has 0 aliphatic carbocycles. The highest BCUT2D eigenvalue weighted by Crippen LogP contribution is 2.12. The monoisotopic (exact) mass is 459 g/mol. The van der Waals surface area contributed by atoms with Gasteiger partial charge in [0.25, 0.3) is 0 Å². The number of thioether (sulfide) groups is 1. The van der Waals surface area contributed by atoms with Crippen molar-refractivity contribution in [2.24, 2.45) is 5.73 Å². The minimum Gasteiger partial charge on any atom is -0.508 e. The summed E-state index contributed by atoms with van der Waals surface area (Å²) in [4.78, 5) is 37.3. The number of phenolic OH excluding ortho intramolecular Hbond substituents is 1. The van der Waals surface area contributed by atoms with Gasteiger partial charge in [-0.05, 0) is 41.7 Å². The average Bonchev–Trinajstić information content (AvgIpc) is 2.78. The molecule has 2 rings (SSSR count). The van der Waals surface area contributed by atoms with Crippen LogP contribution in [0.2, 0.25) is 0 Å². The fraction of sp³-hybridized carbons (Fsp3) is 0.348. The number of phenols is 1. The summed E-state index contributed by atoms with van der Waals surface area (Å²) in [6.07, 6.45) is 2.58. The van der Waals surface area contributed by atoms with E-state index >= 15 is 0 Å². The summed E-state index contributed by atoms with van der Waals surface area (Å²) in [7, 11) is 0. The van der Waals surface area contributed by atoms with Crippen molar-refractivity contribution in [3.05, 3.63) is 65.7 Å². The zero-order valence-electron chi connectivity index (χ0n) is 17.9. The van der Waals surface area contributed by atoms with Gasteiger partial charge in [-0.15, -0.1) is 0 Å². The van der Waals surface area contributed by atoms with Gasteiger partial charge in [-0.2, -0.15) is 11.8 Å². The fourth-order valence-electron chi connectivity index (χ4n) is 3.05. The first-order valence-electron chi connectivity index (χ1n) is 10.2. The molecule has 8 nitrogen and oxygen atoms in total. The number of nitrogens with one attached hydrogen (secondary N) is 2. The van der Waals surface area contributed by atoms with Gasteiger partial charge in [-0.1, -0.05) is 42.5 Å². The van der Waals surface area contributed by atoms with Gasteiger partial charge >= 0.3 is 5.97 Å². The van der Waals surface area contributed by atoms with E-state index < -0.39 is 35.9 Å². The van der Waals surface area contributed by atoms with Gasteiger partial charge in [0.1, 0.15) is 17.8 Å². The first-order chi connectivity index (χ1) is 15.3. The van der Waals surface area contributed by atoms with Crippen LogP contribution in [0.5, 0.6) is 5.75 Å². The number of aromatic hydroxyl groups is 1. The van der Waals surface area contributed by atoms with E-state index in [9.17, 15) is 24.6 Å². The molecule has 0 aliphatic heterocycles. The molecule has 32 heavy (non-hydrogen) atoms. The number of hydrogen-bond donors (Lipinski definition) is 5. The van der Waals surface area contributed by atoms with Crippen molar-refractivity contribution in [1.82, 2.24) is 10.6 Å². The lowest BCUT2D eigenvalue weighted by atomic mass is 10.0. The van der Waals surface area contributed by atoms with Crippen molar-refractivity contribution in [2.75, 3.05) is 12.0 Å². The predicted octanol–water partition coefficient (Wildman–Crippen LogP) is 1.31. The summed E-state index contributed by atoms with van der Waals surface area (Å²) in [6, 6.07) is 12.2. The zero-order valence-corrected chi connectivity index (χ0v) is 18.7. The van der Waals surface area contributed by atoms with Crippen molar-refractivity contribution in [3.63, 3.8) is 0 Å². The summed E-state index contributed by atoms with van der Waals surface area (Å²) >= 11 is 1.56. The highest BCUT2D eigenvalue weighted by atomic mass is 32.2. The Morgan fingerprint density at radius 1 is 0.906 bits per heavy atom. The highest BCUT2D eigenvalue weighted by Gasteiger charge is 2.28. The van der Waals surface area contributed by atoms with Gasteiger partial charge < -0.3 is 26.6 Å². The second-order valence-electron chi connectivity index (χ2n) is 7.41. The third kappa shape index (κ3) is 8.24. The maximum absolute atomic E-state index is 13.0. The Kier molecular flexibility index (Phi) is 10.0. The lowest BCUT2D eigenvalue weighted by Crippen LogP contribution is -2.55. The standard InChI is InChI=1S/C23H29N3O5S/c1-32-12-11-18(24)21(28)25-19(13-16-7-9-17(27)10-8-16)22(29)26-20(23(30)31)14-15-5-3-2-4-6-15/h2-10,18-20,27H,11-14,24H2,1H3,(H,25,28)(H,26,29)(H,30,31). The Labute approximate surface area is 191 Å². The molecule has 2 aromatic carbocycles. The molecule has 0 spiro atoms. The third-order valence-electron chi connectivity index (χ3n) is 4.88. The van der Waals surface area contributed by atoms with Gasteiger partial charge in [-0.25, -0.2) is 4.79 Å². The molecule has 6 N–H and O–H groups in total. The summed E-state index contributed by atoms with van der Waals surface area (Å²) < 4.78 is 0. The third-order valence-corrected chi connectivity index (χ3v) is 5.52. The molecular weight excluding hydrogens is 430 g/mol. The molecule has 172 valence electrons. The number of carboxylic acids is 1. The number of rotatable bonds is 12. The van der Waals surface area contributed by atoms with Gasteiger partial charge in [0.15, 0.2) is 0 Å². The van der Waals surface area contributed by atoms with Crippen LogP contribution >= 0.6 is 11.8 Å². The Balaban J connectivity index is 2.15. The molecule has 0 aromatic heterocycles. The SMILES string of the molecule is CSCCC(N)C(=O)NC(Cc1ccc(O)cc1)C(=O)NC(Cc1ccccc1)C(=O)O. The highest BCUT2D eigenvalue weighted by molar-refractivity contribution is 7.98. The quantitative estimate of drug-likeness (QED) is 0.322. The van der Waals surface area contributed by atoms with Gasteiger partial charge in [-0.3, -0.25) is 9.59 Å². The minimum atomic E-state index is -1.17. The van der Waals surface area contributed by atoms with Gasteiger partial charge in [0, 0.05) is 12.8 Å². The van der Waals surface area contributed by atoms with Crippen molar-refractivity contribution in [1.29, 1.82) is 0 Å². The lowest BCUT2D eigenvalue weighted by Gasteiger charge is -2.23. The van der Waals surface area contributed by atoms with Crippen molar-refractivity contribution < 1.29 is 24.6 Å². The number of carbonyl (C=O) groups excluding carboxylic acids is 2. The molecule has 0 saturated heterocycles. The first-order valence-corrected chi connectivity index (χ1v) is 11.6. The van der Waals surface area contributed by atoms with E-state index in [1.165, 1.54) is 12.1 Å². The molecule has 0 fully saturated rings. The number of nitrogens with two attached hydrogens (primary N) is 1. The molecular formula is C23H29N3O5S. The first kappa shape index (κ1) is 25.2. The molecule has 3 unspecified atom stereocenters. The minimum absolute atomic E-state index is 0.0756. The maximum Gasteiger partial charge on any atom is 0.326 e. The van der Waals surface area contributed by atoms with Gasteiger partial charge in [0.05, 0.1) is 6.04 Å². The normalized spacial score (nSPS) is 13.6. The van der Waals surface area contributed by atoms with E-state index in [0.29, 0.717) is 17.7 Å². The molecule has 2 amide bonds.